The van der Waals surface area contributed by atoms with Gasteiger partial charge in [-0.25, -0.2) is 4.98 Å². The lowest BCUT2D eigenvalue weighted by molar-refractivity contribution is 0.499. The Labute approximate surface area is 95.3 Å². The van der Waals surface area contributed by atoms with Crippen molar-refractivity contribution < 1.29 is 4.42 Å². The average Bonchev–Trinajstić information content (AvgIpc) is 2.74. The Balaban J connectivity index is 2.02. The number of hydrogen-bond donors (Lipinski definition) is 1. The zero-order valence-corrected chi connectivity index (χ0v) is 9.44. The molecule has 1 aromatic heterocycles. The van der Waals surface area contributed by atoms with Crippen LogP contribution >= 0.6 is 0 Å². The standard InChI is InChI=1S/C13H16N2O/c1-10-3-2-4-11(7-10)5-6-13-12(8-14)15-9-16-13/h2-4,7,9H,5-6,8,14H2,1H3. The van der Waals surface area contributed by atoms with Gasteiger partial charge in [-0.2, -0.15) is 0 Å². The van der Waals surface area contributed by atoms with Crippen molar-refractivity contribution in [2.75, 3.05) is 0 Å². The molecule has 16 heavy (non-hydrogen) atoms. The second-order valence-electron chi connectivity index (χ2n) is 3.92. The maximum atomic E-state index is 5.57. The second-order valence-corrected chi connectivity index (χ2v) is 3.92. The summed E-state index contributed by atoms with van der Waals surface area (Å²) in [7, 11) is 0. The molecule has 0 radical (unpaired) electrons. The summed E-state index contributed by atoms with van der Waals surface area (Å²) in [4.78, 5) is 4.07. The molecule has 3 nitrogen and oxygen atoms in total. The van der Waals surface area contributed by atoms with Crippen molar-refractivity contribution in [2.24, 2.45) is 5.73 Å². The third-order valence-corrected chi connectivity index (χ3v) is 2.64. The number of nitrogens with zero attached hydrogens (tertiary/aromatic N) is 1. The molecular weight excluding hydrogens is 200 g/mol. The van der Waals surface area contributed by atoms with E-state index in [1.807, 2.05) is 0 Å². The number of nitrogens with two attached hydrogens (primary N) is 1. The maximum absolute atomic E-state index is 5.57. The van der Waals surface area contributed by atoms with Crippen molar-refractivity contribution in [2.45, 2.75) is 26.3 Å². The molecule has 0 fully saturated rings. The molecule has 84 valence electrons. The van der Waals surface area contributed by atoms with Crippen LogP contribution in [0, 0.1) is 6.92 Å². The topological polar surface area (TPSA) is 52.0 Å². The highest BCUT2D eigenvalue weighted by Crippen LogP contribution is 2.12. The molecular formula is C13H16N2O. The van der Waals surface area contributed by atoms with Gasteiger partial charge in [0.15, 0.2) is 6.39 Å². The Morgan fingerprint density at radius 1 is 1.31 bits per heavy atom. The van der Waals surface area contributed by atoms with Crippen LogP contribution in [0.4, 0.5) is 0 Å². The third-order valence-electron chi connectivity index (χ3n) is 2.64. The number of aromatic nitrogens is 1. The van der Waals surface area contributed by atoms with Crippen LogP contribution in [-0.2, 0) is 19.4 Å². The number of benzene rings is 1. The van der Waals surface area contributed by atoms with Gasteiger partial charge in [-0.05, 0) is 18.9 Å². The molecule has 0 aliphatic rings. The quantitative estimate of drug-likeness (QED) is 0.852. The van der Waals surface area contributed by atoms with E-state index in [1.54, 1.807) is 0 Å². The van der Waals surface area contributed by atoms with E-state index in [0.717, 1.165) is 24.3 Å². The van der Waals surface area contributed by atoms with E-state index in [1.165, 1.54) is 17.5 Å². The van der Waals surface area contributed by atoms with Gasteiger partial charge >= 0.3 is 0 Å². The van der Waals surface area contributed by atoms with Crippen molar-refractivity contribution in [1.82, 2.24) is 4.98 Å². The van der Waals surface area contributed by atoms with Gasteiger partial charge in [-0.15, -0.1) is 0 Å². The largest absolute Gasteiger partial charge is 0.448 e. The van der Waals surface area contributed by atoms with E-state index in [-0.39, 0.29) is 0 Å². The van der Waals surface area contributed by atoms with Crippen molar-refractivity contribution in [1.29, 1.82) is 0 Å². The summed E-state index contributed by atoms with van der Waals surface area (Å²) in [6.07, 6.45) is 3.29. The fourth-order valence-electron chi connectivity index (χ4n) is 1.79. The average molecular weight is 216 g/mol. The summed E-state index contributed by atoms with van der Waals surface area (Å²) in [5, 5.41) is 0. The van der Waals surface area contributed by atoms with E-state index in [2.05, 4.69) is 36.2 Å². The fourth-order valence-corrected chi connectivity index (χ4v) is 1.79. The first kappa shape index (κ1) is 10.9. The van der Waals surface area contributed by atoms with Gasteiger partial charge in [-0.3, -0.25) is 0 Å². The van der Waals surface area contributed by atoms with Crippen LogP contribution in [0.3, 0.4) is 0 Å². The summed E-state index contributed by atoms with van der Waals surface area (Å²) < 4.78 is 5.32. The summed E-state index contributed by atoms with van der Waals surface area (Å²) in [6, 6.07) is 8.50. The predicted molar refractivity (Wildman–Crippen MR) is 63.0 cm³/mol. The minimum atomic E-state index is 0.444. The molecule has 0 unspecified atom stereocenters. The van der Waals surface area contributed by atoms with Gasteiger partial charge in [0.05, 0.1) is 5.69 Å². The van der Waals surface area contributed by atoms with Crippen LogP contribution in [0.1, 0.15) is 22.6 Å². The smallest absolute Gasteiger partial charge is 0.181 e. The molecule has 1 heterocycles. The van der Waals surface area contributed by atoms with Crippen molar-refractivity contribution in [3.8, 4) is 0 Å². The zero-order chi connectivity index (χ0) is 11.4. The molecule has 0 amide bonds. The first-order valence-electron chi connectivity index (χ1n) is 5.46. The third kappa shape index (κ3) is 2.49. The molecule has 0 bridgehead atoms. The highest BCUT2D eigenvalue weighted by molar-refractivity contribution is 5.23. The molecule has 1 aromatic carbocycles. The van der Waals surface area contributed by atoms with Gasteiger partial charge in [-0.1, -0.05) is 29.8 Å². The number of aryl methyl sites for hydroxylation is 3. The Hall–Kier alpha value is -1.61. The number of rotatable bonds is 4. The van der Waals surface area contributed by atoms with E-state index in [4.69, 9.17) is 10.2 Å². The maximum Gasteiger partial charge on any atom is 0.181 e. The Kier molecular flexibility index (Phi) is 3.37. The lowest BCUT2D eigenvalue weighted by atomic mass is 10.1. The first-order chi connectivity index (χ1) is 7.79. The lowest BCUT2D eigenvalue weighted by Crippen LogP contribution is -2.01. The molecule has 0 spiro atoms. The van der Waals surface area contributed by atoms with E-state index in [0.29, 0.717) is 6.54 Å². The Morgan fingerprint density at radius 2 is 2.19 bits per heavy atom. The molecule has 2 rings (SSSR count). The summed E-state index contributed by atoms with van der Waals surface area (Å²) in [5.41, 5.74) is 9.04. The lowest BCUT2D eigenvalue weighted by Gasteiger charge is -2.01. The molecule has 0 saturated heterocycles. The Morgan fingerprint density at radius 3 is 2.94 bits per heavy atom. The summed E-state index contributed by atoms with van der Waals surface area (Å²) in [5.74, 6) is 0.906. The molecule has 0 aliphatic heterocycles. The van der Waals surface area contributed by atoms with Crippen LogP contribution in [-0.4, -0.2) is 4.98 Å². The predicted octanol–water partition coefficient (Wildman–Crippen LogP) is 2.23. The highest BCUT2D eigenvalue weighted by atomic mass is 16.3. The molecule has 0 atom stereocenters. The minimum Gasteiger partial charge on any atom is -0.448 e. The van der Waals surface area contributed by atoms with Crippen LogP contribution < -0.4 is 5.73 Å². The fraction of sp³-hybridized carbons (Fsp3) is 0.308. The van der Waals surface area contributed by atoms with E-state index in [9.17, 15) is 0 Å². The van der Waals surface area contributed by atoms with Gasteiger partial charge in [0, 0.05) is 13.0 Å². The molecule has 2 N–H and O–H groups in total. The monoisotopic (exact) mass is 216 g/mol. The summed E-state index contributed by atoms with van der Waals surface area (Å²) >= 11 is 0. The number of oxazole rings is 1. The van der Waals surface area contributed by atoms with E-state index >= 15 is 0 Å². The summed E-state index contributed by atoms with van der Waals surface area (Å²) in [6.45, 7) is 2.54. The van der Waals surface area contributed by atoms with Crippen molar-refractivity contribution in [3.05, 3.63) is 53.2 Å². The minimum absolute atomic E-state index is 0.444. The van der Waals surface area contributed by atoms with Crippen LogP contribution in [0.2, 0.25) is 0 Å². The first-order valence-corrected chi connectivity index (χ1v) is 5.46. The van der Waals surface area contributed by atoms with Crippen molar-refractivity contribution in [3.63, 3.8) is 0 Å². The van der Waals surface area contributed by atoms with E-state index < -0.39 is 0 Å². The highest BCUT2D eigenvalue weighted by Gasteiger charge is 2.06. The van der Waals surface area contributed by atoms with Gasteiger partial charge in [0.25, 0.3) is 0 Å². The van der Waals surface area contributed by atoms with Crippen LogP contribution in [0.15, 0.2) is 35.1 Å². The molecule has 0 saturated carbocycles. The normalized spacial score (nSPS) is 10.6. The number of hydrogen-bond acceptors (Lipinski definition) is 3. The van der Waals surface area contributed by atoms with Gasteiger partial charge in [0.2, 0.25) is 0 Å². The molecule has 3 heteroatoms. The molecule has 2 aromatic rings. The Bertz CT molecular complexity index is 462. The van der Waals surface area contributed by atoms with Crippen LogP contribution in [0.25, 0.3) is 0 Å². The SMILES string of the molecule is Cc1cccc(CCc2ocnc2CN)c1. The zero-order valence-electron chi connectivity index (χ0n) is 9.44. The molecule has 0 aliphatic carbocycles. The van der Waals surface area contributed by atoms with Crippen LogP contribution in [0.5, 0.6) is 0 Å². The van der Waals surface area contributed by atoms with Crippen molar-refractivity contribution >= 4 is 0 Å². The van der Waals surface area contributed by atoms with Gasteiger partial charge in [0.1, 0.15) is 5.76 Å². The van der Waals surface area contributed by atoms with Gasteiger partial charge < -0.3 is 10.2 Å². The second kappa shape index (κ2) is 4.94.